The largest absolute Gasteiger partial charge is 0.469 e. The normalized spacial score (nSPS) is 11.3. The van der Waals surface area contributed by atoms with Gasteiger partial charge in [0.25, 0.3) is 0 Å². The van der Waals surface area contributed by atoms with E-state index in [1.165, 1.54) is 29.4 Å². The molecule has 0 atom stereocenters. The molecule has 33 heavy (non-hydrogen) atoms. The molecule has 170 valence electrons. The summed E-state index contributed by atoms with van der Waals surface area (Å²) in [5.41, 5.74) is 8.69. The number of ether oxygens (including phenoxy) is 1. The van der Waals surface area contributed by atoms with Crippen molar-refractivity contribution in [2.75, 3.05) is 7.11 Å². The SMILES string of the molecule is CCc1cccc(CC)c1-c1cc2ccn(-c3ccc(C(C)C)cc3)c2c(CC(=O)OC)n1. The van der Waals surface area contributed by atoms with Crippen LogP contribution >= 0.6 is 0 Å². The Hall–Kier alpha value is -3.40. The zero-order valence-corrected chi connectivity index (χ0v) is 20.2. The maximum Gasteiger partial charge on any atom is 0.311 e. The second kappa shape index (κ2) is 9.62. The van der Waals surface area contributed by atoms with Gasteiger partial charge in [0.2, 0.25) is 0 Å². The molecular formula is C29H32N2O2. The molecule has 4 nitrogen and oxygen atoms in total. The molecule has 0 radical (unpaired) electrons. The van der Waals surface area contributed by atoms with Crippen LogP contribution < -0.4 is 0 Å². The molecule has 0 spiro atoms. The molecule has 0 aliphatic carbocycles. The highest BCUT2D eigenvalue weighted by molar-refractivity contribution is 5.90. The molecule has 4 heteroatoms. The molecule has 0 N–H and O–H groups in total. The number of methoxy groups -OCH3 is 1. The van der Waals surface area contributed by atoms with Crippen molar-refractivity contribution in [3.63, 3.8) is 0 Å². The molecule has 0 aliphatic heterocycles. The van der Waals surface area contributed by atoms with Crippen molar-refractivity contribution in [1.82, 2.24) is 9.55 Å². The fraction of sp³-hybridized carbons (Fsp3) is 0.310. The van der Waals surface area contributed by atoms with Gasteiger partial charge in [-0.3, -0.25) is 4.79 Å². The highest BCUT2D eigenvalue weighted by atomic mass is 16.5. The molecule has 2 heterocycles. The van der Waals surface area contributed by atoms with E-state index in [1.807, 2.05) is 0 Å². The average molecular weight is 441 g/mol. The summed E-state index contributed by atoms with van der Waals surface area (Å²) in [6, 6.07) is 19.3. The Morgan fingerprint density at radius 2 is 1.67 bits per heavy atom. The van der Waals surface area contributed by atoms with Gasteiger partial charge < -0.3 is 9.30 Å². The fourth-order valence-electron chi connectivity index (χ4n) is 4.51. The molecule has 4 aromatic rings. The molecule has 0 amide bonds. The Balaban J connectivity index is 1.93. The van der Waals surface area contributed by atoms with Crippen molar-refractivity contribution in [3.05, 3.63) is 83.2 Å². The lowest BCUT2D eigenvalue weighted by molar-refractivity contribution is -0.139. The number of carbonyl (C=O) groups excluding carboxylic acids is 1. The van der Waals surface area contributed by atoms with E-state index >= 15 is 0 Å². The van der Waals surface area contributed by atoms with Gasteiger partial charge in [-0.05, 0) is 59.7 Å². The molecule has 0 fully saturated rings. The molecule has 0 saturated heterocycles. The van der Waals surface area contributed by atoms with Crippen LogP contribution in [0, 0.1) is 0 Å². The Morgan fingerprint density at radius 1 is 1.00 bits per heavy atom. The predicted molar refractivity (Wildman–Crippen MR) is 135 cm³/mol. The van der Waals surface area contributed by atoms with Crippen LogP contribution in [0.3, 0.4) is 0 Å². The van der Waals surface area contributed by atoms with E-state index in [0.717, 1.165) is 40.8 Å². The smallest absolute Gasteiger partial charge is 0.311 e. The molecule has 2 aromatic carbocycles. The van der Waals surface area contributed by atoms with Crippen LogP contribution in [-0.4, -0.2) is 22.6 Å². The van der Waals surface area contributed by atoms with Crippen molar-refractivity contribution in [2.24, 2.45) is 0 Å². The molecule has 0 saturated carbocycles. The van der Waals surface area contributed by atoms with Gasteiger partial charge in [0, 0.05) is 22.8 Å². The van der Waals surface area contributed by atoms with Gasteiger partial charge in [-0.1, -0.05) is 58.0 Å². The van der Waals surface area contributed by atoms with E-state index in [0.29, 0.717) is 5.92 Å². The van der Waals surface area contributed by atoms with E-state index in [-0.39, 0.29) is 12.4 Å². The lowest BCUT2D eigenvalue weighted by Crippen LogP contribution is -2.09. The quantitative estimate of drug-likeness (QED) is 0.302. The van der Waals surface area contributed by atoms with E-state index < -0.39 is 0 Å². The zero-order chi connectivity index (χ0) is 23.5. The second-order valence-corrected chi connectivity index (χ2v) is 8.74. The Kier molecular flexibility index (Phi) is 6.64. The summed E-state index contributed by atoms with van der Waals surface area (Å²) in [6.07, 6.45) is 4.05. The van der Waals surface area contributed by atoms with E-state index in [4.69, 9.17) is 9.72 Å². The maximum atomic E-state index is 12.3. The van der Waals surface area contributed by atoms with Gasteiger partial charge in [0.15, 0.2) is 0 Å². The number of carbonyl (C=O) groups is 1. The first-order valence-electron chi connectivity index (χ1n) is 11.8. The minimum atomic E-state index is -0.289. The topological polar surface area (TPSA) is 44.1 Å². The number of hydrogen-bond acceptors (Lipinski definition) is 3. The minimum Gasteiger partial charge on any atom is -0.469 e. The Labute approximate surface area is 196 Å². The van der Waals surface area contributed by atoms with Crippen molar-refractivity contribution in [3.8, 4) is 16.9 Å². The van der Waals surface area contributed by atoms with Gasteiger partial charge in [0.1, 0.15) is 0 Å². The number of aryl methyl sites for hydroxylation is 2. The van der Waals surface area contributed by atoms with Crippen molar-refractivity contribution >= 4 is 16.9 Å². The Bertz CT molecular complexity index is 1260. The number of aromatic nitrogens is 2. The number of fused-ring (bicyclic) bond motifs is 1. The fourth-order valence-corrected chi connectivity index (χ4v) is 4.51. The number of hydrogen-bond donors (Lipinski definition) is 0. The molecule has 0 unspecified atom stereocenters. The third kappa shape index (κ3) is 4.43. The average Bonchev–Trinajstić information content (AvgIpc) is 3.27. The monoisotopic (exact) mass is 440 g/mol. The third-order valence-corrected chi connectivity index (χ3v) is 6.37. The standard InChI is InChI=1S/C29H32N2O2/c1-6-20-9-8-10-21(7-2)28(20)25-17-23-15-16-31(24-13-11-22(12-14-24)19(3)4)29(23)26(30-25)18-27(32)33-5/h8-17,19H,6-7,18H2,1-5H3. The van der Waals surface area contributed by atoms with Gasteiger partial charge >= 0.3 is 5.97 Å². The van der Waals surface area contributed by atoms with Crippen LogP contribution in [0.1, 0.15) is 56.0 Å². The minimum absolute atomic E-state index is 0.130. The van der Waals surface area contributed by atoms with Gasteiger partial charge in [0.05, 0.1) is 30.4 Å². The van der Waals surface area contributed by atoms with E-state index in [2.05, 4.69) is 93.1 Å². The first-order chi connectivity index (χ1) is 16.0. The van der Waals surface area contributed by atoms with Crippen LogP contribution in [0.15, 0.2) is 60.8 Å². The molecule has 4 rings (SSSR count). The predicted octanol–water partition coefficient (Wildman–Crippen LogP) is 6.66. The number of rotatable bonds is 7. The van der Waals surface area contributed by atoms with Gasteiger partial charge in [-0.15, -0.1) is 0 Å². The van der Waals surface area contributed by atoms with Crippen molar-refractivity contribution < 1.29 is 9.53 Å². The summed E-state index contributed by atoms with van der Waals surface area (Å²) in [6.45, 7) is 8.73. The zero-order valence-electron chi connectivity index (χ0n) is 20.2. The number of pyridine rings is 1. The molecule has 0 bridgehead atoms. The first kappa shape index (κ1) is 22.8. The number of benzene rings is 2. The highest BCUT2D eigenvalue weighted by Crippen LogP contribution is 2.33. The summed E-state index contributed by atoms with van der Waals surface area (Å²) >= 11 is 0. The van der Waals surface area contributed by atoms with Crippen molar-refractivity contribution in [1.29, 1.82) is 0 Å². The molecule has 2 aromatic heterocycles. The molecular weight excluding hydrogens is 408 g/mol. The van der Waals surface area contributed by atoms with Crippen LogP contribution in [0.2, 0.25) is 0 Å². The molecule has 0 aliphatic rings. The van der Waals surface area contributed by atoms with Crippen LogP contribution in [-0.2, 0) is 28.8 Å². The third-order valence-electron chi connectivity index (χ3n) is 6.37. The summed E-state index contributed by atoms with van der Waals surface area (Å²) in [7, 11) is 1.43. The number of nitrogens with zero attached hydrogens (tertiary/aromatic N) is 2. The number of esters is 1. The van der Waals surface area contributed by atoms with E-state index in [1.54, 1.807) is 0 Å². The summed E-state index contributed by atoms with van der Waals surface area (Å²) in [5.74, 6) is 0.189. The first-order valence-corrected chi connectivity index (χ1v) is 11.8. The summed E-state index contributed by atoms with van der Waals surface area (Å²) in [5, 5.41) is 1.07. The summed E-state index contributed by atoms with van der Waals surface area (Å²) < 4.78 is 7.14. The van der Waals surface area contributed by atoms with Crippen LogP contribution in [0.25, 0.3) is 27.8 Å². The Morgan fingerprint density at radius 3 is 2.24 bits per heavy atom. The maximum absolute atomic E-state index is 12.3. The highest BCUT2D eigenvalue weighted by Gasteiger charge is 2.18. The van der Waals surface area contributed by atoms with E-state index in [9.17, 15) is 4.79 Å². The lowest BCUT2D eigenvalue weighted by atomic mass is 9.94. The van der Waals surface area contributed by atoms with Crippen LogP contribution in [0.5, 0.6) is 0 Å². The van der Waals surface area contributed by atoms with Crippen molar-refractivity contribution in [2.45, 2.75) is 52.9 Å². The van der Waals surface area contributed by atoms with Gasteiger partial charge in [-0.2, -0.15) is 0 Å². The van der Waals surface area contributed by atoms with Gasteiger partial charge in [-0.25, -0.2) is 4.98 Å². The summed E-state index contributed by atoms with van der Waals surface area (Å²) in [4.78, 5) is 17.4. The van der Waals surface area contributed by atoms with Crippen LogP contribution in [0.4, 0.5) is 0 Å². The second-order valence-electron chi connectivity index (χ2n) is 8.74. The lowest BCUT2D eigenvalue weighted by Gasteiger charge is -2.16.